The van der Waals surface area contributed by atoms with Crippen LogP contribution in [-0.4, -0.2) is 23.7 Å². The molecule has 1 aromatic heterocycles. The second-order valence-electron chi connectivity index (χ2n) is 5.39. The lowest BCUT2D eigenvalue weighted by atomic mass is 10.2. The smallest absolute Gasteiger partial charge is 0.422 e. The zero-order valence-corrected chi connectivity index (χ0v) is 13.9. The van der Waals surface area contributed by atoms with Gasteiger partial charge in [-0.15, -0.1) is 0 Å². The molecule has 0 radical (unpaired) electrons. The van der Waals surface area contributed by atoms with E-state index in [1.54, 1.807) is 18.2 Å². The van der Waals surface area contributed by atoms with Gasteiger partial charge in [0.05, 0.1) is 11.2 Å². The molecule has 134 valence electrons. The van der Waals surface area contributed by atoms with Crippen molar-refractivity contribution in [3.05, 3.63) is 65.3 Å². The number of alkyl halides is 3. The van der Waals surface area contributed by atoms with E-state index < -0.39 is 18.7 Å². The van der Waals surface area contributed by atoms with Gasteiger partial charge >= 0.3 is 6.18 Å². The van der Waals surface area contributed by atoms with Crippen LogP contribution in [0.1, 0.15) is 10.5 Å². The lowest BCUT2D eigenvalue weighted by Crippen LogP contribution is -2.20. The van der Waals surface area contributed by atoms with Crippen molar-refractivity contribution >= 4 is 34.1 Å². The highest BCUT2D eigenvalue weighted by molar-refractivity contribution is 6.31. The van der Waals surface area contributed by atoms with E-state index in [1.807, 2.05) is 12.1 Å². The SMILES string of the molecule is O=C(Nc1cc(Cl)ccc1OCC(F)(F)F)c1ccc2ccccc2n1. The van der Waals surface area contributed by atoms with Crippen LogP contribution in [-0.2, 0) is 0 Å². The van der Waals surface area contributed by atoms with Crippen molar-refractivity contribution in [2.75, 3.05) is 11.9 Å². The fourth-order valence-corrected chi connectivity index (χ4v) is 2.44. The Morgan fingerprint density at radius 2 is 1.88 bits per heavy atom. The fraction of sp³-hybridized carbons (Fsp3) is 0.111. The molecule has 26 heavy (non-hydrogen) atoms. The molecule has 1 heterocycles. The van der Waals surface area contributed by atoms with Gasteiger partial charge in [-0.1, -0.05) is 35.9 Å². The number of benzene rings is 2. The lowest BCUT2D eigenvalue weighted by Gasteiger charge is -2.14. The number of carbonyl (C=O) groups excluding carboxylic acids is 1. The second kappa shape index (κ2) is 7.21. The van der Waals surface area contributed by atoms with Crippen LogP contribution in [0.15, 0.2) is 54.6 Å². The van der Waals surface area contributed by atoms with Crippen LogP contribution in [0, 0.1) is 0 Å². The average molecular weight is 381 g/mol. The highest BCUT2D eigenvalue weighted by Gasteiger charge is 2.29. The summed E-state index contributed by atoms with van der Waals surface area (Å²) in [4.78, 5) is 16.7. The molecule has 0 atom stereocenters. The molecule has 3 rings (SSSR count). The van der Waals surface area contributed by atoms with E-state index in [2.05, 4.69) is 10.3 Å². The molecule has 0 aliphatic heterocycles. The largest absolute Gasteiger partial charge is 0.482 e. The van der Waals surface area contributed by atoms with Gasteiger partial charge in [-0.05, 0) is 30.3 Å². The maximum absolute atomic E-state index is 12.4. The molecular weight excluding hydrogens is 369 g/mol. The number of nitrogens with one attached hydrogen (secondary N) is 1. The standard InChI is InChI=1S/C18H12ClF3N2O2/c19-12-6-8-16(26-10-18(20,21)22)15(9-12)24-17(25)14-7-5-11-3-1-2-4-13(11)23-14/h1-9H,10H2,(H,24,25). The van der Waals surface area contributed by atoms with Crippen LogP contribution in [0.5, 0.6) is 5.75 Å². The van der Waals surface area contributed by atoms with Gasteiger partial charge in [-0.2, -0.15) is 13.2 Å². The summed E-state index contributed by atoms with van der Waals surface area (Å²) in [6.07, 6.45) is -4.50. The van der Waals surface area contributed by atoms with Gasteiger partial charge < -0.3 is 10.1 Å². The number of anilines is 1. The first-order valence-electron chi connectivity index (χ1n) is 7.48. The first-order valence-corrected chi connectivity index (χ1v) is 7.86. The Labute approximate surface area is 151 Å². The number of pyridine rings is 1. The third-order valence-corrected chi connectivity index (χ3v) is 3.65. The number of rotatable bonds is 4. The third kappa shape index (κ3) is 4.43. The Morgan fingerprint density at radius 3 is 2.65 bits per heavy atom. The number of halogens is 4. The van der Waals surface area contributed by atoms with Gasteiger partial charge in [-0.3, -0.25) is 4.79 Å². The zero-order chi connectivity index (χ0) is 18.7. The normalized spacial score (nSPS) is 11.4. The van der Waals surface area contributed by atoms with Crippen molar-refractivity contribution < 1.29 is 22.7 Å². The molecule has 3 aromatic rings. The summed E-state index contributed by atoms with van der Waals surface area (Å²) in [6.45, 7) is -1.48. The van der Waals surface area contributed by atoms with Crippen LogP contribution in [0.25, 0.3) is 10.9 Å². The Kier molecular flexibility index (Phi) is 4.99. The van der Waals surface area contributed by atoms with Gasteiger partial charge in [0.25, 0.3) is 5.91 Å². The minimum atomic E-state index is -4.50. The number of hydrogen-bond acceptors (Lipinski definition) is 3. The van der Waals surface area contributed by atoms with Crippen molar-refractivity contribution in [3.8, 4) is 5.75 Å². The van der Waals surface area contributed by atoms with Crippen molar-refractivity contribution in [3.63, 3.8) is 0 Å². The minimum absolute atomic E-state index is 0.0294. The number of para-hydroxylation sites is 1. The van der Waals surface area contributed by atoms with Crippen LogP contribution >= 0.6 is 11.6 Å². The van der Waals surface area contributed by atoms with Gasteiger partial charge in [0, 0.05) is 10.4 Å². The van der Waals surface area contributed by atoms with Crippen LogP contribution in [0.4, 0.5) is 18.9 Å². The number of nitrogens with zero attached hydrogens (tertiary/aromatic N) is 1. The van der Waals surface area contributed by atoms with E-state index in [0.29, 0.717) is 5.52 Å². The Hall–Kier alpha value is -2.80. The molecule has 0 unspecified atom stereocenters. The highest BCUT2D eigenvalue weighted by atomic mass is 35.5. The number of hydrogen-bond donors (Lipinski definition) is 1. The first-order chi connectivity index (χ1) is 12.3. The molecule has 8 heteroatoms. The predicted octanol–water partition coefficient (Wildman–Crippen LogP) is 5.08. The Balaban J connectivity index is 1.84. The lowest BCUT2D eigenvalue weighted by molar-refractivity contribution is -0.153. The number of amides is 1. The van der Waals surface area contributed by atoms with Gasteiger partial charge in [-0.25, -0.2) is 4.98 Å². The monoisotopic (exact) mass is 380 g/mol. The molecule has 0 aliphatic rings. The molecule has 0 aliphatic carbocycles. The minimum Gasteiger partial charge on any atom is -0.482 e. The van der Waals surface area contributed by atoms with Gasteiger partial charge in [0.1, 0.15) is 11.4 Å². The van der Waals surface area contributed by atoms with Crippen molar-refractivity contribution in [1.29, 1.82) is 0 Å². The average Bonchev–Trinajstić information content (AvgIpc) is 2.60. The summed E-state index contributed by atoms with van der Waals surface area (Å²) in [7, 11) is 0. The van der Waals surface area contributed by atoms with Crippen molar-refractivity contribution in [2.45, 2.75) is 6.18 Å². The predicted molar refractivity (Wildman–Crippen MR) is 92.7 cm³/mol. The summed E-state index contributed by atoms with van der Waals surface area (Å²) >= 11 is 5.87. The molecule has 0 spiro atoms. The van der Waals surface area contributed by atoms with Crippen molar-refractivity contribution in [1.82, 2.24) is 4.98 Å². The maximum Gasteiger partial charge on any atom is 0.422 e. The van der Waals surface area contributed by atoms with E-state index in [0.717, 1.165) is 5.39 Å². The van der Waals surface area contributed by atoms with E-state index in [-0.39, 0.29) is 22.2 Å². The highest BCUT2D eigenvalue weighted by Crippen LogP contribution is 2.30. The molecule has 4 nitrogen and oxygen atoms in total. The first kappa shape index (κ1) is 18.0. The summed E-state index contributed by atoms with van der Waals surface area (Å²) < 4.78 is 41.9. The summed E-state index contributed by atoms with van der Waals surface area (Å²) in [5.41, 5.74) is 0.770. The molecule has 2 aromatic carbocycles. The molecular formula is C18H12ClF3N2O2. The van der Waals surface area contributed by atoms with Crippen LogP contribution < -0.4 is 10.1 Å². The summed E-state index contributed by atoms with van der Waals surface area (Å²) in [5, 5.41) is 3.59. The molecule has 1 N–H and O–H groups in total. The van der Waals surface area contributed by atoms with E-state index in [9.17, 15) is 18.0 Å². The Morgan fingerprint density at radius 1 is 1.12 bits per heavy atom. The summed E-state index contributed by atoms with van der Waals surface area (Å²) in [5.74, 6) is -0.726. The van der Waals surface area contributed by atoms with E-state index in [4.69, 9.17) is 16.3 Å². The van der Waals surface area contributed by atoms with Gasteiger partial charge in [0.15, 0.2) is 6.61 Å². The quantitative estimate of drug-likeness (QED) is 0.686. The molecule has 0 saturated heterocycles. The molecule has 0 fully saturated rings. The fourth-order valence-electron chi connectivity index (χ4n) is 2.26. The van der Waals surface area contributed by atoms with Crippen LogP contribution in [0.3, 0.4) is 0 Å². The molecule has 0 bridgehead atoms. The Bertz CT molecular complexity index is 961. The number of carbonyl (C=O) groups is 1. The number of fused-ring (bicyclic) bond motifs is 1. The molecule has 1 amide bonds. The molecule has 0 saturated carbocycles. The zero-order valence-electron chi connectivity index (χ0n) is 13.2. The van der Waals surface area contributed by atoms with Crippen LogP contribution in [0.2, 0.25) is 5.02 Å². The third-order valence-electron chi connectivity index (χ3n) is 3.41. The number of aromatic nitrogens is 1. The second-order valence-corrected chi connectivity index (χ2v) is 5.82. The summed E-state index contributed by atoms with van der Waals surface area (Å²) in [6, 6.07) is 14.4. The van der Waals surface area contributed by atoms with E-state index >= 15 is 0 Å². The van der Waals surface area contributed by atoms with Gasteiger partial charge in [0.2, 0.25) is 0 Å². The van der Waals surface area contributed by atoms with Crippen molar-refractivity contribution in [2.24, 2.45) is 0 Å². The maximum atomic E-state index is 12.4. The van der Waals surface area contributed by atoms with E-state index in [1.165, 1.54) is 24.3 Å². The topological polar surface area (TPSA) is 51.2 Å². The number of ether oxygens (including phenoxy) is 1.